The molecule has 10 heteroatoms. The fourth-order valence-electron chi connectivity index (χ4n) is 8.92. The lowest BCUT2D eigenvalue weighted by molar-refractivity contribution is -0.131. The molecular weight excluding hydrogens is 660 g/mol. The molecule has 2 aliphatic carbocycles. The summed E-state index contributed by atoms with van der Waals surface area (Å²) in [7, 11) is 3.21. The largest absolute Gasteiger partial charge is 0.497 e. The van der Waals surface area contributed by atoms with Crippen LogP contribution in [0.5, 0.6) is 11.5 Å². The van der Waals surface area contributed by atoms with E-state index in [-0.39, 0.29) is 36.7 Å². The number of carbonyl (C=O) groups is 4. The second-order valence-electron chi connectivity index (χ2n) is 14.0. The van der Waals surface area contributed by atoms with E-state index in [9.17, 15) is 24.3 Å². The van der Waals surface area contributed by atoms with Gasteiger partial charge in [0.05, 0.1) is 54.7 Å². The van der Waals surface area contributed by atoms with Crippen molar-refractivity contribution >= 4 is 47.2 Å². The van der Waals surface area contributed by atoms with Gasteiger partial charge in [-0.15, -0.1) is 0 Å². The minimum absolute atomic E-state index is 0.242. The summed E-state index contributed by atoms with van der Waals surface area (Å²) in [6.45, 7) is 1.48. The highest BCUT2D eigenvalue weighted by molar-refractivity contribution is 6.25. The van der Waals surface area contributed by atoms with Gasteiger partial charge in [0.1, 0.15) is 29.6 Å². The number of allylic oxidation sites excluding steroid dienone is 2. The fraction of sp³-hybridized carbons (Fsp3) is 0.286. The Morgan fingerprint density at radius 3 is 2.27 bits per heavy atom. The first-order chi connectivity index (χ1) is 25.2. The van der Waals surface area contributed by atoms with Crippen LogP contribution in [0.2, 0.25) is 0 Å². The molecule has 1 aromatic heterocycles. The normalized spacial score (nSPS) is 26.8. The summed E-state index contributed by atoms with van der Waals surface area (Å²) >= 11 is 0. The number of nitrogens with zero attached hydrogens (tertiary/aromatic N) is 2. The third-order valence-corrected chi connectivity index (χ3v) is 11.5. The Morgan fingerprint density at radius 2 is 1.58 bits per heavy atom. The topological polar surface area (TPSA) is 127 Å². The Morgan fingerprint density at radius 1 is 0.827 bits per heavy atom. The molecule has 264 valence electrons. The van der Waals surface area contributed by atoms with Crippen LogP contribution in [-0.4, -0.2) is 43.0 Å². The standard InChI is InChI=1S/C42H38N2O8/c1-42-33(39(47)44(41(42)49)26-7-5-4-6-8-26)22-32-30(37(42)35-20-16-29(23-45)52-35)17-18-31-36(32)40(48)43(38(31)46)27-13-10-24(11-14-27)9-12-25-21-28(50-2)15-19-34(25)51-3/h4-17,19-21,31-33,36-37,45H,18,22-23H2,1-3H3/t31-,32+,33-,36-,37+,42+/m0/s1. The number of hydrogen-bond donors (Lipinski definition) is 1. The van der Waals surface area contributed by atoms with Crippen LogP contribution in [0.3, 0.4) is 0 Å². The zero-order valence-corrected chi connectivity index (χ0v) is 29.0. The molecule has 0 unspecified atom stereocenters. The Hall–Kier alpha value is -5.74. The van der Waals surface area contributed by atoms with Crippen molar-refractivity contribution in [2.75, 3.05) is 24.0 Å². The number of fused-ring (bicyclic) bond motifs is 4. The van der Waals surface area contributed by atoms with E-state index in [4.69, 9.17) is 13.9 Å². The molecule has 3 heterocycles. The smallest absolute Gasteiger partial charge is 0.241 e. The molecule has 0 radical (unpaired) electrons. The van der Waals surface area contributed by atoms with Crippen molar-refractivity contribution in [2.24, 2.45) is 29.1 Å². The van der Waals surface area contributed by atoms with E-state index < -0.39 is 35.0 Å². The number of carbonyl (C=O) groups excluding carboxylic acids is 4. The lowest BCUT2D eigenvalue weighted by Crippen LogP contribution is -2.48. The number of imide groups is 2. The van der Waals surface area contributed by atoms with Gasteiger partial charge in [0, 0.05) is 5.56 Å². The molecule has 0 bridgehead atoms. The van der Waals surface area contributed by atoms with E-state index in [1.165, 1.54) is 9.80 Å². The summed E-state index contributed by atoms with van der Waals surface area (Å²) in [5, 5.41) is 9.84. The number of benzene rings is 3. The second kappa shape index (κ2) is 12.8. The van der Waals surface area contributed by atoms with Gasteiger partial charge in [-0.1, -0.05) is 54.1 Å². The van der Waals surface area contributed by atoms with Gasteiger partial charge in [0.2, 0.25) is 23.6 Å². The summed E-state index contributed by atoms with van der Waals surface area (Å²) in [5.74, 6) is -2.30. The second-order valence-corrected chi connectivity index (χ2v) is 14.0. The minimum Gasteiger partial charge on any atom is -0.497 e. The zero-order chi connectivity index (χ0) is 36.3. The van der Waals surface area contributed by atoms with Crippen molar-refractivity contribution in [1.82, 2.24) is 0 Å². The Labute approximate surface area is 300 Å². The fourth-order valence-corrected chi connectivity index (χ4v) is 8.92. The molecule has 10 nitrogen and oxygen atoms in total. The van der Waals surface area contributed by atoms with Crippen LogP contribution in [0.1, 0.15) is 48.3 Å². The van der Waals surface area contributed by atoms with Crippen molar-refractivity contribution < 1.29 is 38.2 Å². The lowest BCUT2D eigenvalue weighted by atomic mass is 9.52. The van der Waals surface area contributed by atoms with Crippen molar-refractivity contribution in [3.8, 4) is 11.5 Å². The van der Waals surface area contributed by atoms with E-state index in [0.29, 0.717) is 40.8 Å². The summed E-state index contributed by atoms with van der Waals surface area (Å²) in [6.07, 6.45) is 6.37. The molecule has 52 heavy (non-hydrogen) atoms. The number of para-hydroxylation sites is 1. The molecule has 3 fully saturated rings. The van der Waals surface area contributed by atoms with E-state index in [2.05, 4.69) is 0 Å². The number of ether oxygens (including phenoxy) is 2. The summed E-state index contributed by atoms with van der Waals surface area (Å²) < 4.78 is 16.9. The van der Waals surface area contributed by atoms with Crippen molar-refractivity contribution in [2.45, 2.75) is 32.3 Å². The summed E-state index contributed by atoms with van der Waals surface area (Å²) in [5.41, 5.74) is 2.26. The molecule has 4 amide bonds. The Balaban J connectivity index is 1.12. The molecule has 8 rings (SSSR count). The molecule has 0 spiro atoms. The van der Waals surface area contributed by atoms with Crippen LogP contribution in [0.15, 0.2) is 101 Å². The maximum atomic E-state index is 14.4. The Bertz CT molecular complexity index is 2150. The van der Waals surface area contributed by atoms with Gasteiger partial charge in [-0.3, -0.25) is 24.1 Å². The molecule has 2 aliphatic heterocycles. The van der Waals surface area contributed by atoms with Crippen LogP contribution in [0.25, 0.3) is 12.2 Å². The van der Waals surface area contributed by atoms with Gasteiger partial charge in [0.15, 0.2) is 0 Å². The lowest BCUT2D eigenvalue weighted by Gasteiger charge is -2.48. The van der Waals surface area contributed by atoms with Gasteiger partial charge in [0.25, 0.3) is 0 Å². The van der Waals surface area contributed by atoms with Gasteiger partial charge in [-0.2, -0.15) is 0 Å². The van der Waals surface area contributed by atoms with Crippen molar-refractivity contribution in [1.29, 1.82) is 0 Å². The van der Waals surface area contributed by atoms with Gasteiger partial charge >= 0.3 is 0 Å². The van der Waals surface area contributed by atoms with Gasteiger partial charge in [-0.05, 0) is 85.8 Å². The van der Waals surface area contributed by atoms with Crippen molar-refractivity contribution in [3.05, 3.63) is 119 Å². The first-order valence-corrected chi connectivity index (χ1v) is 17.4. The molecule has 4 aliphatic rings. The highest BCUT2D eigenvalue weighted by Crippen LogP contribution is 2.63. The number of methoxy groups -OCH3 is 2. The highest BCUT2D eigenvalue weighted by atomic mass is 16.5. The summed E-state index contributed by atoms with van der Waals surface area (Å²) in [6, 6.07) is 25.0. The number of hydrogen-bond acceptors (Lipinski definition) is 8. The third-order valence-electron chi connectivity index (χ3n) is 11.5. The van der Waals surface area contributed by atoms with Crippen LogP contribution < -0.4 is 19.3 Å². The molecule has 4 aromatic rings. The highest BCUT2D eigenvalue weighted by Gasteiger charge is 2.68. The quantitative estimate of drug-likeness (QED) is 0.127. The maximum absolute atomic E-state index is 14.4. The van der Waals surface area contributed by atoms with E-state index >= 15 is 0 Å². The average molecular weight is 699 g/mol. The molecule has 3 aromatic carbocycles. The molecular formula is C42H38N2O8. The van der Waals surface area contributed by atoms with E-state index in [0.717, 1.165) is 16.7 Å². The predicted molar refractivity (Wildman–Crippen MR) is 193 cm³/mol. The maximum Gasteiger partial charge on any atom is 0.241 e. The van der Waals surface area contributed by atoms with Gasteiger partial charge in [-0.25, -0.2) is 4.90 Å². The summed E-state index contributed by atoms with van der Waals surface area (Å²) in [4.78, 5) is 59.8. The average Bonchev–Trinajstić information content (AvgIpc) is 3.80. The van der Waals surface area contributed by atoms with Crippen LogP contribution >= 0.6 is 0 Å². The van der Waals surface area contributed by atoms with Crippen LogP contribution in [-0.2, 0) is 25.8 Å². The minimum atomic E-state index is -1.21. The number of anilines is 2. The number of amides is 4. The van der Waals surface area contributed by atoms with Crippen LogP contribution in [0.4, 0.5) is 11.4 Å². The van der Waals surface area contributed by atoms with E-state index in [1.807, 2.05) is 61.5 Å². The first-order valence-electron chi connectivity index (χ1n) is 17.4. The van der Waals surface area contributed by atoms with E-state index in [1.54, 1.807) is 62.8 Å². The number of rotatable bonds is 8. The molecule has 1 saturated carbocycles. The van der Waals surface area contributed by atoms with Gasteiger partial charge < -0.3 is 19.0 Å². The zero-order valence-electron chi connectivity index (χ0n) is 29.0. The third kappa shape index (κ3) is 5.04. The SMILES string of the molecule is COc1ccc(OC)c(C=Cc2ccc(N3C(=O)[C@H]4[C@H](CC=C5[C@H]4C[C@H]4C(=O)N(c6ccccc6)C(=O)[C@@]4(C)[C@H]5c4ccc(CO)o4)C3=O)cc2)c1. The van der Waals surface area contributed by atoms with Crippen molar-refractivity contribution in [3.63, 3.8) is 0 Å². The number of furan rings is 1. The number of aliphatic hydroxyl groups excluding tert-OH is 1. The molecule has 1 N–H and O–H groups in total. The molecule has 6 atom stereocenters. The monoisotopic (exact) mass is 698 g/mol. The number of aliphatic hydroxyl groups is 1. The first kappa shape index (κ1) is 33.4. The van der Waals surface area contributed by atoms with Crippen LogP contribution in [0, 0.1) is 29.1 Å². The molecule has 2 saturated heterocycles. The Kier molecular flexibility index (Phi) is 8.22. The predicted octanol–water partition coefficient (Wildman–Crippen LogP) is 6.39.